The van der Waals surface area contributed by atoms with Crippen molar-refractivity contribution in [1.82, 2.24) is 6.15 Å². The Bertz CT molecular complexity index is 120. The van der Waals surface area contributed by atoms with E-state index in [0.29, 0.717) is 0 Å². The average molecular weight is 253 g/mol. The molecular formula is C6H12NNiO6. The van der Waals surface area contributed by atoms with Crippen molar-refractivity contribution >= 4 is 17.9 Å². The van der Waals surface area contributed by atoms with Crippen LogP contribution in [0.2, 0.25) is 0 Å². The summed E-state index contributed by atoms with van der Waals surface area (Å²) in [6.07, 6.45) is 0. The summed E-state index contributed by atoms with van der Waals surface area (Å²) in [5.41, 5.74) is 0. The Morgan fingerprint density at radius 2 is 0.714 bits per heavy atom. The first kappa shape index (κ1) is 29.3. The van der Waals surface area contributed by atoms with Crippen LogP contribution in [-0.2, 0) is 30.9 Å². The molecule has 0 aromatic heterocycles. The van der Waals surface area contributed by atoms with Gasteiger partial charge in [-0.1, -0.05) is 0 Å². The number of carboxylic acid groups (broad SMARTS) is 3. The molecule has 0 bridgehead atoms. The molecule has 0 aliphatic rings. The van der Waals surface area contributed by atoms with Gasteiger partial charge in [0.25, 0.3) is 0 Å². The zero-order valence-electron chi connectivity index (χ0n) is 7.97. The average Bonchev–Trinajstić information content (AvgIpc) is 1.54. The molecule has 8 heteroatoms. The predicted molar refractivity (Wildman–Crippen MR) is 37.1 cm³/mol. The van der Waals surface area contributed by atoms with Crippen molar-refractivity contribution in [1.29, 1.82) is 0 Å². The molecule has 3 N–H and O–H groups in total. The van der Waals surface area contributed by atoms with Gasteiger partial charge in [0.1, 0.15) is 0 Å². The normalized spacial score (nSPS) is 5.36. The van der Waals surface area contributed by atoms with Crippen LogP contribution in [0.4, 0.5) is 0 Å². The van der Waals surface area contributed by atoms with Crippen LogP contribution >= 0.6 is 0 Å². The molecule has 0 rings (SSSR count). The zero-order valence-corrected chi connectivity index (χ0v) is 8.96. The maximum Gasteiger partial charge on any atom is 3.00 e. The number of hydrogen-bond acceptors (Lipinski definition) is 7. The monoisotopic (exact) mass is 252 g/mol. The number of hydrogen-bond donors (Lipinski definition) is 1. The molecule has 0 unspecified atom stereocenters. The van der Waals surface area contributed by atoms with Crippen LogP contribution in [0.25, 0.3) is 0 Å². The van der Waals surface area contributed by atoms with Crippen molar-refractivity contribution in [3.05, 3.63) is 0 Å². The number of carbonyl (C=O) groups is 3. The van der Waals surface area contributed by atoms with Crippen molar-refractivity contribution in [2.45, 2.75) is 20.8 Å². The van der Waals surface area contributed by atoms with Gasteiger partial charge in [0, 0.05) is 17.9 Å². The second-order valence-electron chi connectivity index (χ2n) is 1.47. The van der Waals surface area contributed by atoms with E-state index in [9.17, 15) is 0 Å². The summed E-state index contributed by atoms with van der Waals surface area (Å²) in [6, 6.07) is 0. The van der Waals surface area contributed by atoms with E-state index < -0.39 is 17.9 Å². The standard InChI is InChI=1S/3C2H4O2.H3N.Ni/c3*1-2(3)4;;/h3*1H3,(H,3,4);1H3;/q;;;;+3/p-3. The van der Waals surface area contributed by atoms with E-state index in [1.165, 1.54) is 0 Å². The fourth-order valence-electron chi connectivity index (χ4n) is 0. The van der Waals surface area contributed by atoms with E-state index in [1.54, 1.807) is 0 Å². The first-order valence-corrected chi connectivity index (χ1v) is 2.72. The second kappa shape index (κ2) is 22.6. The van der Waals surface area contributed by atoms with Gasteiger partial charge in [-0.2, -0.15) is 0 Å². The SMILES string of the molecule is CC(=O)[O-].CC(=O)[O-].CC(=O)[O-].N.[Ni+3]. The summed E-state index contributed by atoms with van der Waals surface area (Å²) in [4.78, 5) is 26.7. The van der Waals surface area contributed by atoms with Crippen LogP contribution in [0.1, 0.15) is 20.8 Å². The molecule has 0 aliphatic heterocycles. The Balaban J connectivity index is -0.0000000270. The zero-order chi connectivity index (χ0) is 10.7. The molecular weight excluding hydrogens is 241 g/mol. The van der Waals surface area contributed by atoms with Gasteiger partial charge in [-0.25, -0.2) is 0 Å². The van der Waals surface area contributed by atoms with E-state index in [0.717, 1.165) is 20.8 Å². The first-order chi connectivity index (χ1) is 5.20. The van der Waals surface area contributed by atoms with Crippen LogP contribution in [0.15, 0.2) is 0 Å². The first-order valence-electron chi connectivity index (χ1n) is 2.72. The van der Waals surface area contributed by atoms with Gasteiger partial charge in [-0.05, 0) is 20.8 Å². The Morgan fingerprint density at radius 3 is 0.714 bits per heavy atom. The minimum absolute atomic E-state index is 0. The molecule has 0 heterocycles. The topological polar surface area (TPSA) is 155 Å². The third kappa shape index (κ3) is 818. The third-order valence-electron chi connectivity index (χ3n) is 0. The quantitative estimate of drug-likeness (QED) is 0.437. The second-order valence-corrected chi connectivity index (χ2v) is 1.47. The van der Waals surface area contributed by atoms with Crippen LogP contribution in [0, 0.1) is 0 Å². The third-order valence-corrected chi connectivity index (χ3v) is 0. The maximum atomic E-state index is 8.89. The van der Waals surface area contributed by atoms with Crippen molar-refractivity contribution in [2.75, 3.05) is 0 Å². The molecule has 0 aliphatic carbocycles. The van der Waals surface area contributed by atoms with Gasteiger partial charge < -0.3 is 35.9 Å². The number of aliphatic carboxylic acids is 3. The van der Waals surface area contributed by atoms with Gasteiger partial charge in [-0.3, -0.25) is 0 Å². The molecule has 0 aromatic rings. The minimum atomic E-state index is -1.08. The van der Waals surface area contributed by atoms with Crippen molar-refractivity contribution in [3.63, 3.8) is 0 Å². The minimum Gasteiger partial charge on any atom is -0.550 e. The number of rotatable bonds is 0. The largest absolute Gasteiger partial charge is 3.00 e. The molecule has 7 nitrogen and oxygen atoms in total. The predicted octanol–water partition coefficient (Wildman–Crippen LogP) is -3.57. The Kier molecular flexibility index (Phi) is 47.4. The molecule has 0 amide bonds. The molecule has 14 heavy (non-hydrogen) atoms. The summed E-state index contributed by atoms with van der Waals surface area (Å²) in [5, 5.41) is 26.7. The molecule has 1 radical (unpaired) electrons. The van der Waals surface area contributed by atoms with Gasteiger partial charge >= 0.3 is 16.5 Å². The van der Waals surface area contributed by atoms with E-state index >= 15 is 0 Å². The van der Waals surface area contributed by atoms with E-state index in [1.807, 2.05) is 0 Å². The molecule has 0 atom stereocenters. The fraction of sp³-hybridized carbons (Fsp3) is 0.500. The van der Waals surface area contributed by atoms with Crippen LogP contribution < -0.4 is 21.5 Å². The summed E-state index contributed by atoms with van der Waals surface area (Å²) in [6.45, 7) is 2.92. The van der Waals surface area contributed by atoms with Crippen molar-refractivity contribution < 1.29 is 46.2 Å². The van der Waals surface area contributed by atoms with Gasteiger partial charge in [-0.15, -0.1) is 0 Å². The summed E-state index contributed by atoms with van der Waals surface area (Å²) >= 11 is 0. The molecule has 0 spiro atoms. The van der Waals surface area contributed by atoms with E-state index in [4.69, 9.17) is 29.7 Å². The summed E-state index contributed by atoms with van der Waals surface area (Å²) in [5.74, 6) is -3.25. The van der Waals surface area contributed by atoms with E-state index in [-0.39, 0.29) is 22.6 Å². The van der Waals surface area contributed by atoms with Gasteiger partial charge in [0.15, 0.2) is 0 Å². The smallest absolute Gasteiger partial charge is 0.550 e. The molecule has 0 fully saturated rings. The molecule has 0 saturated carbocycles. The number of carboxylic acids is 3. The van der Waals surface area contributed by atoms with Crippen molar-refractivity contribution in [2.24, 2.45) is 0 Å². The van der Waals surface area contributed by atoms with E-state index in [2.05, 4.69) is 0 Å². The van der Waals surface area contributed by atoms with Crippen LogP contribution in [0.5, 0.6) is 0 Å². The molecule has 0 saturated heterocycles. The van der Waals surface area contributed by atoms with Gasteiger partial charge in [0.2, 0.25) is 0 Å². The molecule has 87 valence electrons. The Labute approximate surface area is 91.6 Å². The Morgan fingerprint density at radius 1 is 0.714 bits per heavy atom. The summed E-state index contributed by atoms with van der Waals surface area (Å²) in [7, 11) is 0. The Hall–Kier alpha value is -1.14. The van der Waals surface area contributed by atoms with Crippen LogP contribution in [-0.4, -0.2) is 17.9 Å². The van der Waals surface area contributed by atoms with Crippen LogP contribution in [0.3, 0.4) is 0 Å². The maximum absolute atomic E-state index is 8.89. The van der Waals surface area contributed by atoms with Crippen molar-refractivity contribution in [3.8, 4) is 0 Å². The van der Waals surface area contributed by atoms with Gasteiger partial charge in [0.05, 0.1) is 0 Å². The number of carbonyl (C=O) groups excluding carboxylic acids is 3. The summed E-state index contributed by atoms with van der Waals surface area (Å²) < 4.78 is 0. The molecule has 0 aromatic carbocycles. The fourth-order valence-corrected chi connectivity index (χ4v) is 0.